The molecule has 0 bridgehead atoms. The van der Waals surface area contributed by atoms with E-state index >= 15 is 0 Å². The van der Waals surface area contributed by atoms with E-state index in [9.17, 15) is 4.79 Å². The first-order chi connectivity index (χ1) is 10.3. The van der Waals surface area contributed by atoms with E-state index in [-0.39, 0.29) is 18.4 Å². The lowest BCUT2D eigenvalue weighted by molar-refractivity contribution is -0.139. The standard InChI is InChI=1S/C19H38O2P.ClH/c1-18(2)19(20)21-16-14-12-10-8-6-7-9-11-13-15-17-22(3,4)5;/h1,6-17H2,2-5H3;1H/q+1;/p-1. The molecule has 0 aromatic heterocycles. The molecular weight excluding hydrogens is 327 g/mol. The molecule has 0 aliphatic carbocycles. The lowest BCUT2D eigenvalue weighted by Gasteiger charge is -2.10. The Morgan fingerprint density at radius 1 is 0.826 bits per heavy atom. The van der Waals surface area contributed by atoms with Crippen molar-refractivity contribution in [3.8, 4) is 0 Å². The highest BCUT2D eigenvalue weighted by Crippen LogP contribution is 2.47. The molecule has 0 fully saturated rings. The van der Waals surface area contributed by atoms with E-state index in [0.29, 0.717) is 12.2 Å². The van der Waals surface area contributed by atoms with Gasteiger partial charge in [0.05, 0.1) is 12.8 Å². The maximum atomic E-state index is 11.2. The van der Waals surface area contributed by atoms with Crippen molar-refractivity contribution in [2.45, 2.75) is 71.1 Å². The summed E-state index contributed by atoms with van der Waals surface area (Å²) in [6.07, 6.45) is 14.6. The molecule has 0 unspecified atom stereocenters. The van der Waals surface area contributed by atoms with Gasteiger partial charge in [-0.15, -0.1) is 0 Å². The van der Waals surface area contributed by atoms with Gasteiger partial charge in [-0.05, 0) is 26.2 Å². The Morgan fingerprint density at radius 2 is 1.22 bits per heavy atom. The summed E-state index contributed by atoms with van der Waals surface area (Å²) in [7, 11) is -0.544. The monoisotopic (exact) mass is 364 g/mol. The molecule has 138 valence electrons. The predicted octanol–water partition coefficient (Wildman–Crippen LogP) is 2.92. The zero-order chi connectivity index (χ0) is 16.8. The van der Waals surface area contributed by atoms with Crippen LogP contribution >= 0.6 is 7.26 Å². The number of hydrogen-bond donors (Lipinski definition) is 0. The SMILES string of the molecule is C=C(C)C(=O)OCCCCCCCCCCCC[P+](C)(C)C.[Cl-]. The zero-order valence-electron chi connectivity index (χ0n) is 15.8. The Bertz CT molecular complexity index is 311. The van der Waals surface area contributed by atoms with Crippen molar-refractivity contribution >= 4 is 13.2 Å². The quantitative estimate of drug-likeness (QED) is 0.205. The summed E-state index contributed by atoms with van der Waals surface area (Å²) in [6.45, 7) is 13.1. The van der Waals surface area contributed by atoms with Gasteiger partial charge in [0, 0.05) is 32.8 Å². The van der Waals surface area contributed by atoms with E-state index in [2.05, 4.69) is 26.6 Å². The summed E-state index contributed by atoms with van der Waals surface area (Å²) < 4.78 is 5.07. The van der Waals surface area contributed by atoms with Crippen LogP contribution in [0.1, 0.15) is 71.1 Å². The van der Waals surface area contributed by atoms with Crippen LogP contribution in [0.4, 0.5) is 0 Å². The van der Waals surface area contributed by atoms with Gasteiger partial charge in [0.25, 0.3) is 0 Å². The first kappa shape index (κ1) is 25.2. The van der Waals surface area contributed by atoms with Crippen molar-refractivity contribution in [2.24, 2.45) is 0 Å². The minimum Gasteiger partial charge on any atom is -1.00 e. The number of esters is 1. The van der Waals surface area contributed by atoms with E-state index in [0.717, 1.165) is 6.42 Å². The largest absolute Gasteiger partial charge is 1.00 e. The molecule has 0 saturated heterocycles. The summed E-state index contributed by atoms with van der Waals surface area (Å²) in [6, 6.07) is 0. The smallest absolute Gasteiger partial charge is 0.333 e. The molecule has 0 saturated carbocycles. The van der Waals surface area contributed by atoms with Crippen LogP contribution in [0.3, 0.4) is 0 Å². The highest BCUT2D eigenvalue weighted by atomic mass is 35.5. The average Bonchev–Trinajstić information content (AvgIpc) is 2.42. The number of ether oxygens (including phenoxy) is 1. The van der Waals surface area contributed by atoms with Crippen LogP contribution in [0, 0.1) is 0 Å². The number of rotatable bonds is 14. The highest BCUT2D eigenvalue weighted by Gasteiger charge is 2.15. The summed E-state index contributed by atoms with van der Waals surface area (Å²) in [4.78, 5) is 11.2. The number of hydrogen-bond acceptors (Lipinski definition) is 2. The second-order valence-electron chi connectivity index (χ2n) is 7.47. The van der Waals surface area contributed by atoms with Crippen molar-refractivity contribution in [2.75, 3.05) is 32.8 Å². The van der Waals surface area contributed by atoms with Gasteiger partial charge in [-0.1, -0.05) is 51.5 Å². The van der Waals surface area contributed by atoms with Crippen LogP contribution < -0.4 is 12.4 Å². The third-order valence-corrected chi connectivity index (χ3v) is 5.46. The van der Waals surface area contributed by atoms with Crippen molar-refractivity contribution in [1.29, 1.82) is 0 Å². The average molecular weight is 365 g/mol. The summed E-state index contributed by atoms with van der Waals surface area (Å²) in [5.41, 5.74) is 0.490. The van der Waals surface area contributed by atoms with E-state index in [1.807, 2.05) is 0 Å². The van der Waals surface area contributed by atoms with Gasteiger partial charge in [0.15, 0.2) is 0 Å². The first-order valence-electron chi connectivity index (χ1n) is 8.96. The van der Waals surface area contributed by atoms with Crippen molar-refractivity contribution < 1.29 is 21.9 Å². The second kappa shape index (κ2) is 15.5. The molecule has 4 heteroatoms. The van der Waals surface area contributed by atoms with Gasteiger partial charge in [0.2, 0.25) is 0 Å². The minimum atomic E-state index is -0.544. The second-order valence-corrected chi connectivity index (χ2v) is 12.5. The molecule has 0 spiro atoms. The summed E-state index contributed by atoms with van der Waals surface area (Å²) >= 11 is 0. The number of carbonyl (C=O) groups is 1. The first-order valence-corrected chi connectivity index (χ1v) is 12.3. The Hall–Kier alpha value is -0.0700. The molecular formula is C19H38ClO2P. The van der Waals surface area contributed by atoms with Crippen LogP contribution in [0.2, 0.25) is 0 Å². The van der Waals surface area contributed by atoms with E-state index < -0.39 is 7.26 Å². The highest BCUT2D eigenvalue weighted by molar-refractivity contribution is 7.73. The Kier molecular flexibility index (Phi) is 16.9. The van der Waals surface area contributed by atoms with Gasteiger partial charge in [-0.3, -0.25) is 0 Å². The zero-order valence-corrected chi connectivity index (χ0v) is 17.5. The maximum absolute atomic E-state index is 11.2. The fourth-order valence-electron chi connectivity index (χ4n) is 2.39. The van der Waals surface area contributed by atoms with Crippen LogP contribution in [-0.2, 0) is 9.53 Å². The Labute approximate surface area is 151 Å². The van der Waals surface area contributed by atoms with Crippen LogP contribution in [-0.4, -0.2) is 38.7 Å². The minimum absolute atomic E-state index is 0. The van der Waals surface area contributed by atoms with E-state index in [1.165, 1.54) is 63.9 Å². The molecule has 0 radical (unpaired) electrons. The molecule has 0 heterocycles. The van der Waals surface area contributed by atoms with Crippen LogP contribution in [0.25, 0.3) is 0 Å². The fourth-order valence-corrected chi connectivity index (χ4v) is 3.56. The van der Waals surface area contributed by atoms with Gasteiger partial charge >= 0.3 is 5.97 Å². The number of halogens is 1. The van der Waals surface area contributed by atoms with E-state index in [4.69, 9.17) is 4.74 Å². The van der Waals surface area contributed by atoms with Crippen molar-refractivity contribution in [3.63, 3.8) is 0 Å². The van der Waals surface area contributed by atoms with Gasteiger partial charge in [0.1, 0.15) is 0 Å². The number of carbonyl (C=O) groups excluding carboxylic acids is 1. The van der Waals surface area contributed by atoms with Crippen LogP contribution in [0.15, 0.2) is 12.2 Å². The molecule has 2 nitrogen and oxygen atoms in total. The van der Waals surface area contributed by atoms with Gasteiger partial charge < -0.3 is 17.1 Å². The molecule has 23 heavy (non-hydrogen) atoms. The predicted molar refractivity (Wildman–Crippen MR) is 102 cm³/mol. The van der Waals surface area contributed by atoms with E-state index in [1.54, 1.807) is 6.92 Å². The molecule has 0 aliphatic rings. The third-order valence-electron chi connectivity index (χ3n) is 3.80. The van der Waals surface area contributed by atoms with Crippen LogP contribution in [0.5, 0.6) is 0 Å². The summed E-state index contributed by atoms with van der Waals surface area (Å²) in [5, 5.41) is 0. The van der Waals surface area contributed by atoms with Crippen molar-refractivity contribution in [1.82, 2.24) is 0 Å². The topological polar surface area (TPSA) is 26.3 Å². The Balaban J connectivity index is 0. The van der Waals surface area contributed by atoms with Crippen molar-refractivity contribution in [3.05, 3.63) is 12.2 Å². The fraction of sp³-hybridized carbons (Fsp3) is 0.842. The lowest BCUT2D eigenvalue weighted by Crippen LogP contribution is -3.00. The molecule has 0 rings (SSSR count). The molecule has 0 aliphatic heterocycles. The molecule has 0 amide bonds. The molecule has 0 aromatic rings. The normalized spacial score (nSPS) is 11.0. The third kappa shape index (κ3) is 19.9. The summed E-state index contributed by atoms with van der Waals surface area (Å²) in [5.74, 6) is -0.256. The molecule has 0 aromatic carbocycles. The maximum Gasteiger partial charge on any atom is 0.333 e. The Morgan fingerprint density at radius 3 is 1.61 bits per heavy atom. The molecule has 0 atom stereocenters. The number of unbranched alkanes of at least 4 members (excludes halogenated alkanes) is 9. The van der Waals surface area contributed by atoms with Gasteiger partial charge in [-0.25, -0.2) is 4.79 Å². The lowest BCUT2D eigenvalue weighted by atomic mass is 10.1. The molecule has 0 N–H and O–H groups in total. The van der Waals surface area contributed by atoms with Gasteiger partial charge in [-0.2, -0.15) is 0 Å².